The smallest absolute Gasteiger partial charge is 0.198 e. The van der Waals surface area contributed by atoms with E-state index in [2.05, 4.69) is 0 Å². The minimum Gasteiger partial charge on any atom is -0.291 e. The second kappa shape index (κ2) is 12.7. The summed E-state index contributed by atoms with van der Waals surface area (Å²) in [6.45, 7) is 0. The molecule has 0 aromatic rings. The molecule has 0 atom stereocenters. The molecule has 1 heteroatoms. The molecule has 1 saturated carbocycles. The van der Waals surface area contributed by atoms with Gasteiger partial charge in [0.2, 0.25) is 0 Å². The van der Waals surface area contributed by atoms with Gasteiger partial charge in [0.1, 0.15) is 0 Å². The van der Waals surface area contributed by atoms with Gasteiger partial charge in [-0.05, 0) is 12.3 Å². The van der Waals surface area contributed by atoms with Crippen LogP contribution in [0.1, 0.15) is 103 Å². The van der Waals surface area contributed by atoms with Crippen LogP contribution in [0.15, 0.2) is 0 Å². The van der Waals surface area contributed by atoms with Crippen molar-refractivity contribution in [3.05, 3.63) is 0 Å². The highest BCUT2D eigenvalue weighted by molar-refractivity contribution is 5.50. The molecule has 1 nitrogen and oxygen atoms in total. The zero-order chi connectivity index (χ0) is 13.6. The summed E-state index contributed by atoms with van der Waals surface area (Å²) in [5.74, 6) is 1.07. The quantitative estimate of drug-likeness (QED) is 0.397. The minimum absolute atomic E-state index is 0.640. The molecule has 1 aliphatic carbocycles. The Morgan fingerprint density at radius 2 is 1.21 bits per heavy atom. The van der Waals surface area contributed by atoms with E-state index in [9.17, 15) is 4.79 Å². The zero-order valence-corrected chi connectivity index (χ0v) is 12.8. The average Bonchev–Trinajstić information content (AvgIpc) is 2.46. The molecule has 0 aromatic heterocycles. The molecule has 0 amide bonds. The maximum Gasteiger partial charge on any atom is 0.198 e. The SMILES string of the molecule is O=[C]CCCCCCCCCCCC1CCCCC1. The molecule has 0 bridgehead atoms. The summed E-state index contributed by atoms with van der Waals surface area (Å²) in [6.07, 6.45) is 23.7. The summed E-state index contributed by atoms with van der Waals surface area (Å²) in [5.41, 5.74) is 0. The van der Waals surface area contributed by atoms with Crippen molar-refractivity contribution in [1.29, 1.82) is 0 Å². The van der Waals surface area contributed by atoms with Crippen LogP contribution in [0.2, 0.25) is 0 Å². The molecule has 111 valence electrons. The van der Waals surface area contributed by atoms with Crippen LogP contribution < -0.4 is 0 Å². The molecule has 1 radical (unpaired) electrons. The number of rotatable bonds is 12. The number of unbranched alkanes of at least 4 members (excludes halogenated alkanes) is 9. The third-order valence-electron chi connectivity index (χ3n) is 4.62. The first-order valence-corrected chi connectivity index (χ1v) is 8.78. The largest absolute Gasteiger partial charge is 0.291 e. The van der Waals surface area contributed by atoms with Crippen LogP contribution in [0, 0.1) is 5.92 Å². The van der Waals surface area contributed by atoms with Gasteiger partial charge in [0.15, 0.2) is 6.29 Å². The topological polar surface area (TPSA) is 17.1 Å². The zero-order valence-electron chi connectivity index (χ0n) is 12.8. The summed E-state index contributed by atoms with van der Waals surface area (Å²) in [5, 5.41) is 0. The van der Waals surface area contributed by atoms with Crippen molar-refractivity contribution in [3.8, 4) is 0 Å². The predicted molar refractivity (Wildman–Crippen MR) is 83.1 cm³/mol. The lowest BCUT2D eigenvalue weighted by Gasteiger charge is -2.21. The van der Waals surface area contributed by atoms with Gasteiger partial charge in [-0.1, -0.05) is 89.9 Å². The van der Waals surface area contributed by atoms with Crippen LogP contribution >= 0.6 is 0 Å². The summed E-state index contributed by atoms with van der Waals surface area (Å²) < 4.78 is 0. The van der Waals surface area contributed by atoms with Crippen molar-refractivity contribution in [3.63, 3.8) is 0 Å². The summed E-state index contributed by atoms with van der Waals surface area (Å²) >= 11 is 0. The van der Waals surface area contributed by atoms with Gasteiger partial charge in [0, 0.05) is 6.42 Å². The molecule has 0 aromatic carbocycles. The normalized spacial score (nSPS) is 16.6. The fourth-order valence-corrected chi connectivity index (χ4v) is 3.34. The molecule has 0 saturated heterocycles. The van der Waals surface area contributed by atoms with Crippen LogP contribution in [0.3, 0.4) is 0 Å². The second-order valence-corrected chi connectivity index (χ2v) is 6.37. The molecule has 1 rings (SSSR count). The van der Waals surface area contributed by atoms with Gasteiger partial charge in [-0.25, -0.2) is 0 Å². The Morgan fingerprint density at radius 1 is 0.684 bits per heavy atom. The highest BCUT2D eigenvalue weighted by Crippen LogP contribution is 2.28. The van der Waals surface area contributed by atoms with E-state index < -0.39 is 0 Å². The van der Waals surface area contributed by atoms with Gasteiger partial charge in [-0.3, -0.25) is 4.79 Å². The van der Waals surface area contributed by atoms with E-state index in [1.165, 1.54) is 89.9 Å². The highest BCUT2D eigenvalue weighted by Gasteiger charge is 2.12. The van der Waals surface area contributed by atoms with Crippen molar-refractivity contribution in [2.24, 2.45) is 5.92 Å². The van der Waals surface area contributed by atoms with E-state index in [1.807, 2.05) is 6.29 Å². The lowest BCUT2D eigenvalue weighted by molar-refractivity contribution is 0.328. The van der Waals surface area contributed by atoms with Crippen molar-refractivity contribution < 1.29 is 4.79 Å². The van der Waals surface area contributed by atoms with Crippen LogP contribution in [-0.4, -0.2) is 6.29 Å². The van der Waals surface area contributed by atoms with Gasteiger partial charge >= 0.3 is 0 Å². The predicted octanol–water partition coefficient (Wildman–Crippen LogP) is 5.97. The van der Waals surface area contributed by atoms with Crippen molar-refractivity contribution in [1.82, 2.24) is 0 Å². The van der Waals surface area contributed by atoms with Gasteiger partial charge < -0.3 is 0 Å². The standard InChI is InChI=1S/C18H33O/c19-17-13-8-6-4-2-1-3-5-7-10-14-18-15-11-9-12-16-18/h18H,1-16H2. The van der Waals surface area contributed by atoms with Gasteiger partial charge in [0.05, 0.1) is 0 Å². The van der Waals surface area contributed by atoms with E-state index >= 15 is 0 Å². The van der Waals surface area contributed by atoms with E-state index in [4.69, 9.17) is 0 Å². The van der Waals surface area contributed by atoms with Crippen LogP contribution in [0.5, 0.6) is 0 Å². The third kappa shape index (κ3) is 10.2. The first-order chi connectivity index (χ1) is 9.43. The maximum absolute atomic E-state index is 10.0. The number of hydrogen-bond donors (Lipinski definition) is 0. The molecule has 1 fully saturated rings. The molecule has 0 N–H and O–H groups in total. The second-order valence-electron chi connectivity index (χ2n) is 6.37. The van der Waals surface area contributed by atoms with E-state index in [0.29, 0.717) is 6.42 Å². The molecule has 1 aliphatic rings. The first-order valence-electron chi connectivity index (χ1n) is 8.78. The Balaban J connectivity index is 1.72. The Labute approximate surface area is 120 Å². The number of carbonyl (C=O) groups excluding carboxylic acids is 1. The Bertz CT molecular complexity index is 194. The van der Waals surface area contributed by atoms with Crippen LogP contribution in [0.25, 0.3) is 0 Å². The van der Waals surface area contributed by atoms with Gasteiger partial charge in [-0.15, -0.1) is 0 Å². The first kappa shape index (κ1) is 16.7. The lowest BCUT2D eigenvalue weighted by Crippen LogP contribution is -2.05. The summed E-state index contributed by atoms with van der Waals surface area (Å²) in [7, 11) is 0. The van der Waals surface area contributed by atoms with Crippen LogP contribution in [0.4, 0.5) is 0 Å². The lowest BCUT2D eigenvalue weighted by atomic mass is 9.85. The molecule has 0 aliphatic heterocycles. The Hall–Kier alpha value is -0.330. The van der Waals surface area contributed by atoms with Gasteiger partial charge in [0.25, 0.3) is 0 Å². The minimum atomic E-state index is 0.640. The maximum atomic E-state index is 10.0. The fourth-order valence-electron chi connectivity index (χ4n) is 3.34. The van der Waals surface area contributed by atoms with E-state index in [1.54, 1.807) is 0 Å². The average molecular weight is 265 g/mol. The van der Waals surface area contributed by atoms with Crippen molar-refractivity contribution in [2.45, 2.75) is 103 Å². The number of hydrogen-bond acceptors (Lipinski definition) is 1. The summed E-state index contributed by atoms with van der Waals surface area (Å²) in [6, 6.07) is 0. The third-order valence-corrected chi connectivity index (χ3v) is 4.62. The molecule has 19 heavy (non-hydrogen) atoms. The van der Waals surface area contributed by atoms with Crippen LogP contribution in [-0.2, 0) is 4.79 Å². The Morgan fingerprint density at radius 3 is 1.79 bits per heavy atom. The fraction of sp³-hybridized carbons (Fsp3) is 0.944. The molecular weight excluding hydrogens is 232 g/mol. The molecular formula is C18H33O. The van der Waals surface area contributed by atoms with E-state index in [-0.39, 0.29) is 0 Å². The highest BCUT2D eigenvalue weighted by atomic mass is 16.1. The van der Waals surface area contributed by atoms with Gasteiger partial charge in [-0.2, -0.15) is 0 Å². The Kier molecular flexibility index (Phi) is 11.2. The summed E-state index contributed by atoms with van der Waals surface area (Å²) in [4.78, 5) is 10.0. The molecule has 0 unspecified atom stereocenters. The van der Waals surface area contributed by atoms with Crippen molar-refractivity contribution in [2.75, 3.05) is 0 Å². The monoisotopic (exact) mass is 265 g/mol. The molecule has 0 heterocycles. The van der Waals surface area contributed by atoms with E-state index in [0.717, 1.165) is 12.3 Å². The van der Waals surface area contributed by atoms with Crippen molar-refractivity contribution >= 4 is 6.29 Å². The molecule has 0 spiro atoms.